The molecule has 2 atom stereocenters. The quantitative estimate of drug-likeness (QED) is 0.475. The predicted molar refractivity (Wildman–Crippen MR) is 123 cm³/mol. The summed E-state index contributed by atoms with van der Waals surface area (Å²) in [6.07, 6.45) is 11.9. The van der Waals surface area contributed by atoms with Crippen molar-refractivity contribution >= 4 is 23.5 Å². The molecule has 1 amide bonds. The van der Waals surface area contributed by atoms with E-state index in [0.717, 1.165) is 37.7 Å². The molecule has 0 N–H and O–H groups in total. The summed E-state index contributed by atoms with van der Waals surface area (Å²) in [5.74, 6) is 1.95. The van der Waals surface area contributed by atoms with Crippen molar-refractivity contribution in [1.82, 2.24) is 14.8 Å². The Morgan fingerprint density at radius 3 is 2.56 bits per heavy atom. The molecule has 2 aliphatic carbocycles. The van der Waals surface area contributed by atoms with Crippen LogP contribution < -0.4 is 4.90 Å². The molecule has 3 aromatic rings. The van der Waals surface area contributed by atoms with Crippen LogP contribution in [0.25, 0.3) is 11.4 Å². The van der Waals surface area contributed by atoms with Gasteiger partial charge >= 0.3 is 0 Å². The lowest BCUT2D eigenvalue weighted by atomic mass is 9.64. The van der Waals surface area contributed by atoms with Crippen molar-refractivity contribution in [2.45, 2.75) is 69.4 Å². The van der Waals surface area contributed by atoms with Crippen molar-refractivity contribution < 1.29 is 9.21 Å². The summed E-state index contributed by atoms with van der Waals surface area (Å²) < 4.78 is 7.65. The van der Waals surface area contributed by atoms with Crippen molar-refractivity contribution in [2.75, 3.05) is 4.90 Å². The number of aromatic nitrogens is 3. The second-order valence-electron chi connectivity index (χ2n) is 9.43. The summed E-state index contributed by atoms with van der Waals surface area (Å²) in [5.41, 5.74) is 0.853. The van der Waals surface area contributed by atoms with E-state index in [9.17, 15) is 4.79 Å². The molecule has 6 rings (SSSR count). The molecule has 1 aromatic carbocycles. The highest BCUT2D eigenvalue weighted by atomic mass is 35.5. The van der Waals surface area contributed by atoms with E-state index in [4.69, 9.17) is 26.1 Å². The van der Waals surface area contributed by atoms with Gasteiger partial charge in [-0.05, 0) is 62.1 Å². The van der Waals surface area contributed by atoms with Crippen molar-refractivity contribution in [3.05, 3.63) is 53.4 Å². The molecule has 0 saturated heterocycles. The third-order valence-corrected chi connectivity index (χ3v) is 8.00. The molecule has 0 radical (unpaired) electrons. The van der Waals surface area contributed by atoms with Crippen LogP contribution in [0.3, 0.4) is 0 Å². The van der Waals surface area contributed by atoms with E-state index in [-0.39, 0.29) is 17.5 Å². The molecule has 2 unspecified atom stereocenters. The number of halogens is 1. The van der Waals surface area contributed by atoms with Crippen molar-refractivity contribution in [2.24, 2.45) is 5.92 Å². The SMILES string of the molecule is O=C(c1ccco1)N1c2nc(-c3ccc(Cl)cc3)nn2C2(CCCCC2)C2CCCCC21. The van der Waals surface area contributed by atoms with Gasteiger partial charge in [0.05, 0.1) is 11.8 Å². The normalized spacial score (nSPS) is 24.2. The molecule has 1 aliphatic heterocycles. The number of hydrogen-bond donors (Lipinski definition) is 0. The maximum absolute atomic E-state index is 13.7. The van der Waals surface area contributed by atoms with Gasteiger partial charge in [-0.25, -0.2) is 4.68 Å². The molecule has 166 valence electrons. The molecule has 1 spiro atoms. The van der Waals surface area contributed by atoms with Crippen molar-refractivity contribution in [3.8, 4) is 11.4 Å². The highest BCUT2D eigenvalue weighted by Crippen LogP contribution is 2.53. The number of rotatable bonds is 2. The van der Waals surface area contributed by atoms with Crippen LogP contribution in [0.1, 0.15) is 68.3 Å². The molecule has 0 bridgehead atoms. The number of fused-ring (bicyclic) bond motifs is 4. The van der Waals surface area contributed by atoms with E-state index in [1.807, 2.05) is 29.2 Å². The Labute approximate surface area is 192 Å². The molecule has 7 heteroatoms. The molecule has 32 heavy (non-hydrogen) atoms. The number of hydrogen-bond acceptors (Lipinski definition) is 4. The van der Waals surface area contributed by atoms with Crippen LogP contribution in [0, 0.1) is 5.92 Å². The van der Waals surface area contributed by atoms with Crippen LogP contribution >= 0.6 is 11.6 Å². The number of anilines is 1. The number of furan rings is 1. The average molecular weight is 451 g/mol. The van der Waals surface area contributed by atoms with Gasteiger partial charge in [-0.2, -0.15) is 4.98 Å². The first kappa shape index (κ1) is 20.0. The Kier molecular flexibility index (Phi) is 4.86. The van der Waals surface area contributed by atoms with Gasteiger partial charge in [0.2, 0.25) is 5.95 Å². The zero-order valence-corrected chi connectivity index (χ0v) is 18.8. The van der Waals surface area contributed by atoms with Gasteiger partial charge in [0.1, 0.15) is 0 Å². The summed E-state index contributed by atoms with van der Waals surface area (Å²) in [6, 6.07) is 11.3. The van der Waals surface area contributed by atoms with Crippen molar-refractivity contribution in [3.63, 3.8) is 0 Å². The minimum atomic E-state index is -0.117. The Hall–Kier alpha value is -2.60. The fourth-order valence-electron chi connectivity index (χ4n) is 6.34. The Balaban J connectivity index is 1.54. The second-order valence-corrected chi connectivity index (χ2v) is 9.87. The minimum absolute atomic E-state index is 0.0592. The summed E-state index contributed by atoms with van der Waals surface area (Å²) in [7, 11) is 0. The molecular weight excluding hydrogens is 424 g/mol. The van der Waals surface area contributed by atoms with Crippen LogP contribution in [0.15, 0.2) is 47.1 Å². The summed E-state index contributed by atoms with van der Waals surface area (Å²) in [5, 5.41) is 5.75. The maximum atomic E-state index is 13.7. The van der Waals surface area contributed by atoms with E-state index in [1.165, 1.54) is 25.7 Å². The molecule has 3 aliphatic rings. The molecule has 2 fully saturated rings. The van der Waals surface area contributed by atoms with Gasteiger partial charge in [0.25, 0.3) is 5.91 Å². The van der Waals surface area contributed by atoms with Crippen LogP contribution in [0.5, 0.6) is 0 Å². The number of amides is 1. The maximum Gasteiger partial charge on any atom is 0.296 e. The fraction of sp³-hybridized carbons (Fsp3) is 0.480. The largest absolute Gasteiger partial charge is 0.459 e. The molecule has 6 nitrogen and oxygen atoms in total. The van der Waals surface area contributed by atoms with Crippen LogP contribution in [-0.2, 0) is 5.54 Å². The Morgan fingerprint density at radius 2 is 1.81 bits per heavy atom. The van der Waals surface area contributed by atoms with E-state index >= 15 is 0 Å². The van der Waals surface area contributed by atoms with E-state index in [0.29, 0.717) is 28.5 Å². The summed E-state index contributed by atoms with van der Waals surface area (Å²) in [6.45, 7) is 0. The minimum Gasteiger partial charge on any atom is -0.459 e. The average Bonchev–Trinajstić information content (AvgIpc) is 3.52. The third kappa shape index (κ3) is 3.03. The predicted octanol–water partition coefficient (Wildman–Crippen LogP) is 6.07. The van der Waals surface area contributed by atoms with Gasteiger partial charge in [-0.15, -0.1) is 5.10 Å². The third-order valence-electron chi connectivity index (χ3n) is 7.75. The van der Waals surface area contributed by atoms with E-state index in [2.05, 4.69) is 4.68 Å². The standard InChI is InChI=1S/C25H27ClN4O2/c26-18-12-10-17(11-13-18)22-27-24-29(23(31)21-9-6-16-32-21)20-8-3-2-7-19(20)25(30(24)28-22)14-4-1-5-15-25/h6,9-13,16,19-20H,1-5,7-8,14-15H2. The Bertz CT molecular complexity index is 1120. The highest BCUT2D eigenvalue weighted by Gasteiger charge is 2.55. The molecule has 3 heterocycles. The monoisotopic (exact) mass is 450 g/mol. The lowest BCUT2D eigenvalue weighted by molar-refractivity contribution is 0.0309. The fourth-order valence-corrected chi connectivity index (χ4v) is 6.47. The number of carbonyl (C=O) groups is 1. The number of carbonyl (C=O) groups excluding carboxylic acids is 1. The van der Waals surface area contributed by atoms with Crippen molar-refractivity contribution in [1.29, 1.82) is 0 Å². The van der Waals surface area contributed by atoms with Gasteiger partial charge in [-0.3, -0.25) is 9.69 Å². The molecular formula is C25H27ClN4O2. The highest BCUT2D eigenvalue weighted by molar-refractivity contribution is 6.30. The van der Waals surface area contributed by atoms with Crippen LogP contribution in [0.2, 0.25) is 5.02 Å². The second kappa shape index (κ2) is 7.77. The lowest BCUT2D eigenvalue weighted by Crippen LogP contribution is -2.61. The van der Waals surface area contributed by atoms with Gasteiger partial charge < -0.3 is 4.42 Å². The number of nitrogens with zero attached hydrogens (tertiary/aromatic N) is 4. The van der Waals surface area contributed by atoms with Crippen LogP contribution in [-0.4, -0.2) is 26.7 Å². The molecule has 2 saturated carbocycles. The zero-order valence-electron chi connectivity index (χ0n) is 18.0. The van der Waals surface area contributed by atoms with Gasteiger partial charge in [0, 0.05) is 22.5 Å². The van der Waals surface area contributed by atoms with Crippen LogP contribution in [0.4, 0.5) is 5.95 Å². The first-order valence-corrected chi connectivity index (χ1v) is 12.2. The lowest BCUT2D eigenvalue weighted by Gasteiger charge is -2.55. The zero-order chi connectivity index (χ0) is 21.7. The summed E-state index contributed by atoms with van der Waals surface area (Å²) in [4.78, 5) is 20.5. The van der Waals surface area contributed by atoms with E-state index < -0.39 is 0 Å². The summed E-state index contributed by atoms with van der Waals surface area (Å²) >= 11 is 6.11. The first-order chi connectivity index (χ1) is 15.7. The van der Waals surface area contributed by atoms with Gasteiger partial charge in [-0.1, -0.05) is 43.7 Å². The first-order valence-electron chi connectivity index (χ1n) is 11.8. The smallest absolute Gasteiger partial charge is 0.296 e. The topological polar surface area (TPSA) is 64.2 Å². The van der Waals surface area contributed by atoms with Gasteiger partial charge in [0.15, 0.2) is 11.6 Å². The Morgan fingerprint density at radius 1 is 1.03 bits per heavy atom. The molecule has 2 aromatic heterocycles. The van der Waals surface area contributed by atoms with E-state index in [1.54, 1.807) is 18.4 Å². The number of benzene rings is 1.